The van der Waals surface area contributed by atoms with Crippen molar-refractivity contribution >= 4 is 12.1 Å². The molecule has 1 aliphatic heterocycles. The number of hydrazone groups is 1. The molecule has 0 N–H and O–H groups in total. The maximum Gasteiger partial charge on any atom is 0.269 e. The van der Waals surface area contributed by atoms with Crippen molar-refractivity contribution in [2.45, 2.75) is 32.2 Å². The van der Waals surface area contributed by atoms with E-state index in [0.29, 0.717) is 48.4 Å². The van der Waals surface area contributed by atoms with Gasteiger partial charge in [-0.25, -0.2) is 18.8 Å². The van der Waals surface area contributed by atoms with Crippen LogP contribution in [0.15, 0.2) is 47.7 Å². The van der Waals surface area contributed by atoms with Gasteiger partial charge in [0.25, 0.3) is 5.91 Å². The summed E-state index contributed by atoms with van der Waals surface area (Å²) in [5.74, 6) is -1.32. The van der Waals surface area contributed by atoms with E-state index in [0.717, 1.165) is 0 Å². The summed E-state index contributed by atoms with van der Waals surface area (Å²) in [5.41, 5.74) is 1.06. The fraction of sp³-hybridized carbons (Fsp3) is 0.273. The van der Waals surface area contributed by atoms with Crippen LogP contribution in [0.5, 0.6) is 5.88 Å². The van der Waals surface area contributed by atoms with Gasteiger partial charge in [-0.1, -0.05) is 6.58 Å². The van der Waals surface area contributed by atoms with Crippen LogP contribution in [0.25, 0.3) is 0 Å². The van der Waals surface area contributed by atoms with Crippen LogP contribution in [0, 0.1) is 29.9 Å². The molecule has 30 heavy (non-hydrogen) atoms. The number of nitriles is 1. The molecule has 0 saturated carbocycles. The Kier molecular flexibility index (Phi) is 6.52. The van der Waals surface area contributed by atoms with Crippen LogP contribution in [-0.2, 0) is 4.79 Å². The van der Waals surface area contributed by atoms with Gasteiger partial charge in [-0.2, -0.15) is 10.4 Å². The summed E-state index contributed by atoms with van der Waals surface area (Å²) in [4.78, 5) is 16.7. The summed E-state index contributed by atoms with van der Waals surface area (Å²) in [5, 5.41) is 14.0. The number of amides is 1. The molecule has 6 nitrogen and oxygen atoms in total. The number of aromatic nitrogens is 1. The second-order valence-electron chi connectivity index (χ2n) is 6.86. The molecule has 0 fully saturated rings. The third-order valence-corrected chi connectivity index (χ3v) is 4.77. The van der Waals surface area contributed by atoms with Gasteiger partial charge in [0.1, 0.15) is 17.7 Å². The van der Waals surface area contributed by atoms with E-state index in [1.54, 1.807) is 18.3 Å². The minimum Gasteiger partial charge on any atom is -0.478 e. The van der Waals surface area contributed by atoms with Crippen molar-refractivity contribution in [3.63, 3.8) is 0 Å². The number of rotatable bonds is 7. The number of hydrogen-bond donors (Lipinski definition) is 0. The zero-order valence-electron chi connectivity index (χ0n) is 16.4. The number of hydrogen-bond acceptors (Lipinski definition) is 5. The molecule has 3 rings (SSSR count). The van der Waals surface area contributed by atoms with Crippen LogP contribution in [0.4, 0.5) is 8.78 Å². The molecular weight excluding hydrogens is 390 g/mol. The quantitative estimate of drug-likeness (QED) is 0.506. The summed E-state index contributed by atoms with van der Waals surface area (Å²) in [7, 11) is 0. The van der Waals surface area contributed by atoms with Crippen LogP contribution in [0.2, 0.25) is 0 Å². The molecule has 0 radical (unpaired) electrons. The maximum atomic E-state index is 13.9. The van der Waals surface area contributed by atoms with E-state index in [2.05, 4.69) is 16.7 Å². The van der Waals surface area contributed by atoms with E-state index in [4.69, 9.17) is 10.00 Å². The van der Waals surface area contributed by atoms with Gasteiger partial charge in [-0.05, 0) is 43.5 Å². The Morgan fingerprint density at radius 1 is 1.37 bits per heavy atom. The Morgan fingerprint density at radius 3 is 2.73 bits per heavy atom. The van der Waals surface area contributed by atoms with E-state index in [1.807, 2.05) is 6.07 Å². The maximum absolute atomic E-state index is 13.9. The first kappa shape index (κ1) is 21.1. The van der Waals surface area contributed by atoms with E-state index in [-0.39, 0.29) is 5.56 Å². The van der Waals surface area contributed by atoms with Gasteiger partial charge in [0.15, 0.2) is 0 Å². The third-order valence-electron chi connectivity index (χ3n) is 4.77. The molecule has 1 aromatic heterocycles. The summed E-state index contributed by atoms with van der Waals surface area (Å²) in [6, 6.07) is 7.08. The van der Waals surface area contributed by atoms with Gasteiger partial charge >= 0.3 is 0 Å². The lowest BCUT2D eigenvalue weighted by Crippen LogP contribution is -2.28. The first-order chi connectivity index (χ1) is 14.4. The molecule has 1 unspecified atom stereocenters. The molecule has 1 atom stereocenters. The summed E-state index contributed by atoms with van der Waals surface area (Å²) >= 11 is 0. The van der Waals surface area contributed by atoms with Crippen molar-refractivity contribution in [3.05, 3.63) is 70.9 Å². The molecule has 2 heterocycles. The highest BCUT2D eigenvalue weighted by Crippen LogP contribution is 2.31. The smallest absolute Gasteiger partial charge is 0.269 e. The topological polar surface area (TPSA) is 78.6 Å². The fourth-order valence-corrected chi connectivity index (χ4v) is 3.01. The molecule has 0 spiro atoms. The molecular formula is C22H20F2N4O2. The van der Waals surface area contributed by atoms with Crippen LogP contribution >= 0.6 is 0 Å². The average Bonchev–Trinajstić information content (AvgIpc) is 3.24. The molecule has 0 bridgehead atoms. The van der Waals surface area contributed by atoms with Gasteiger partial charge < -0.3 is 4.74 Å². The van der Waals surface area contributed by atoms with E-state index in [9.17, 15) is 13.6 Å². The largest absolute Gasteiger partial charge is 0.478 e. The average molecular weight is 410 g/mol. The summed E-state index contributed by atoms with van der Waals surface area (Å²) in [6.07, 6.45) is 4.21. The van der Waals surface area contributed by atoms with Crippen molar-refractivity contribution in [3.8, 4) is 11.9 Å². The predicted molar refractivity (Wildman–Crippen MR) is 107 cm³/mol. The van der Waals surface area contributed by atoms with Crippen LogP contribution in [0.1, 0.15) is 42.0 Å². The highest BCUT2D eigenvalue weighted by molar-refractivity contribution is 5.94. The monoisotopic (exact) mass is 410 g/mol. The summed E-state index contributed by atoms with van der Waals surface area (Å²) < 4.78 is 33.4. The zero-order valence-corrected chi connectivity index (χ0v) is 16.4. The van der Waals surface area contributed by atoms with Crippen LogP contribution < -0.4 is 4.74 Å². The Labute approximate surface area is 173 Å². The van der Waals surface area contributed by atoms with E-state index in [1.165, 1.54) is 30.3 Å². The minimum atomic E-state index is -0.656. The first-order valence-electron chi connectivity index (χ1n) is 9.39. The third kappa shape index (κ3) is 4.69. The molecule has 1 amide bonds. The lowest BCUT2D eigenvalue weighted by atomic mass is 10.0. The molecule has 2 aromatic rings. The number of carbonyl (C=O) groups is 1. The van der Waals surface area contributed by atoms with Crippen molar-refractivity contribution in [2.24, 2.45) is 5.10 Å². The molecule has 1 aliphatic rings. The van der Waals surface area contributed by atoms with E-state index >= 15 is 0 Å². The molecule has 0 aliphatic carbocycles. The number of carbonyl (C=O) groups excluding carboxylic acids is 1. The number of halogens is 2. The molecule has 8 heteroatoms. The van der Waals surface area contributed by atoms with Gasteiger partial charge in [0.2, 0.25) is 5.88 Å². The first-order valence-corrected chi connectivity index (χ1v) is 9.39. The van der Waals surface area contributed by atoms with Crippen molar-refractivity contribution in [2.75, 3.05) is 6.61 Å². The van der Waals surface area contributed by atoms with Crippen molar-refractivity contribution < 1.29 is 18.3 Å². The SMILES string of the molecule is C=C(CCCOc1ccc(C#N)cn1)C(=O)N1N=CCC1c1cc(F)c(C)c(F)c1. The second kappa shape index (κ2) is 9.27. The number of nitrogens with zero attached hydrogens (tertiary/aromatic N) is 4. The zero-order chi connectivity index (χ0) is 21.7. The Hall–Kier alpha value is -3.60. The molecule has 1 aromatic carbocycles. The standard InChI is InChI=1S/C22H20F2N4O2/c1-14(4-3-9-30-21-6-5-16(12-25)13-26-21)22(29)28-20(7-8-27-28)17-10-18(23)15(2)19(24)11-17/h5-6,8,10-11,13,20H,1,3-4,7,9H2,2H3. The normalized spacial score (nSPS) is 15.1. The molecule has 0 saturated heterocycles. The van der Waals surface area contributed by atoms with E-state index < -0.39 is 23.6 Å². The van der Waals surface area contributed by atoms with Crippen molar-refractivity contribution in [1.29, 1.82) is 5.26 Å². The van der Waals surface area contributed by atoms with Gasteiger partial charge in [0, 0.05) is 36.0 Å². The number of ether oxygens (including phenoxy) is 1. The lowest BCUT2D eigenvalue weighted by Gasteiger charge is -2.23. The minimum absolute atomic E-state index is 0.0586. The molecule has 154 valence electrons. The fourth-order valence-electron chi connectivity index (χ4n) is 3.01. The van der Waals surface area contributed by atoms with Crippen LogP contribution in [0.3, 0.4) is 0 Å². The van der Waals surface area contributed by atoms with Crippen molar-refractivity contribution in [1.82, 2.24) is 9.99 Å². The Balaban J connectivity index is 1.55. The lowest BCUT2D eigenvalue weighted by molar-refractivity contribution is -0.129. The van der Waals surface area contributed by atoms with Gasteiger partial charge in [-0.3, -0.25) is 4.79 Å². The highest BCUT2D eigenvalue weighted by atomic mass is 19.1. The Bertz CT molecular complexity index is 1010. The number of benzene rings is 1. The number of pyridine rings is 1. The Morgan fingerprint density at radius 2 is 2.10 bits per heavy atom. The summed E-state index contributed by atoms with van der Waals surface area (Å²) in [6.45, 7) is 5.50. The second-order valence-corrected chi connectivity index (χ2v) is 6.86. The van der Waals surface area contributed by atoms with Gasteiger partial charge in [0.05, 0.1) is 18.2 Å². The predicted octanol–water partition coefficient (Wildman–Crippen LogP) is 4.21. The van der Waals surface area contributed by atoms with Crippen LogP contribution in [-0.4, -0.2) is 28.7 Å². The van der Waals surface area contributed by atoms with Gasteiger partial charge in [-0.15, -0.1) is 0 Å². The highest BCUT2D eigenvalue weighted by Gasteiger charge is 2.30.